The Balaban J connectivity index is 1.76. The zero-order chi connectivity index (χ0) is 16.9. The topological polar surface area (TPSA) is 62.1 Å². The maximum Gasteiger partial charge on any atom is 0.208 e. The van der Waals surface area contributed by atoms with Crippen LogP contribution in [0.25, 0.3) is 11.2 Å². The molecule has 126 valence electrons. The summed E-state index contributed by atoms with van der Waals surface area (Å²) in [5.41, 5.74) is 1.27. The van der Waals surface area contributed by atoms with E-state index in [9.17, 15) is 0 Å². The minimum absolute atomic E-state index is 0.0404. The van der Waals surface area contributed by atoms with Crippen LogP contribution in [0, 0.1) is 11.8 Å². The van der Waals surface area contributed by atoms with Gasteiger partial charge >= 0.3 is 0 Å². The summed E-state index contributed by atoms with van der Waals surface area (Å²) in [4.78, 5) is 13.1. The van der Waals surface area contributed by atoms with Crippen molar-refractivity contribution in [1.82, 2.24) is 19.5 Å². The molecule has 2 fully saturated rings. The maximum atomic E-state index is 6.26. The van der Waals surface area contributed by atoms with Gasteiger partial charge in [-0.15, -0.1) is 11.8 Å². The number of rotatable bonds is 1. The average molecular weight is 365 g/mol. The van der Waals surface area contributed by atoms with E-state index < -0.39 is 5.79 Å². The Morgan fingerprint density at radius 1 is 1.42 bits per heavy atom. The highest BCUT2D eigenvalue weighted by Gasteiger charge is 2.50. The third kappa shape index (κ3) is 2.68. The number of imidazole rings is 1. The highest BCUT2D eigenvalue weighted by Crippen LogP contribution is 2.47. The van der Waals surface area contributed by atoms with Crippen LogP contribution in [-0.2, 0) is 9.47 Å². The van der Waals surface area contributed by atoms with Gasteiger partial charge in [0, 0.05) is 12.2 Å². The Labute approximate surface area is 149 Å². The van der Waals surface area contributed by atoms with E-state index in [1.54, 1.807) is 18.1 Å². The van der Waals surface area contributed by atoms with E-state index >= 15 is 0 Å². The van der Waals surface area contributed by atoms with E-state index in [1.807, 2.05) is 25.3 Å². The number of fused-ring (bicyclic) bond motifs is 2. The third-order valence-corrected chi connectivity index (χ3v) is 5.59. The molecule has 4 heterocycles. The van der Waals surface area contributed by atoms with Gasteiger partial charge in [-0.25, -0.2) is 15.0 Å². The highest BCUT2D eigenvalue weighted by molar-refractivity contribution is 7.99. The van der Waals surface area contributed by atoms with Crippen LogP contribution in [0.4, 0.5) is 0 Å². The molecule has 2 aliphatic heterocycles. The van der Waals surface area contributed by atoms with Crippen LogP contribution in [-0.4, -0.2) is 43.3 Å². The van der Waals surface area contributed by atoms with Gasteiger partial charge < -0.3 is 9.47 Å². The summed E-state index contributed by atoms with van der Waals surface area (Å²) in [6.07, 6.45) is 2.52. The van der Waals surface area contributed by atoms with E-state index in [-0.39, 0.29) is 17.6 Å². The Morgan fingerprint density at radius 2 is 2.25 bits per heavy atom. The third-order valence-electron chi connectivity index (χ3n) is 3.96. The van der Waals surface area contributed by atoms with Gasteiger partial charge in [-0.05, 0) is 19.8 Å². The number of halogens is 1. The van der Waals surface area contributed by atoms with Gasteiger partial charge in [-0.3, -0.25) is 4.57 Å². The lowest BCUT2D eigenvalue weighted by Gasteiger charge is -2.22. The molecule has 0 bridgehead atoms. The van der Waals surface area contributed by atoms with E-state index in [2.05, 4.69) is 26.8 Å². The molecule has 0 aromatic carbocycles. The van der Waals surface area contributed by atoms with Crippen molar-refractivity contribution >= 4 is 34.5 Å². The lowest BCUT2D eigenvalue weighted by Crippen LogP contribution is -2.26. The molecule has 0 saturated carbocycles. The maximum absolute atomic E-state index is 6.26. The molecule has 8 heteroatoms. The summed E-state index contributed by atoms with van der Waals surface area (Å²) in [5.74, 6) is 6.64. The Kier molecular flexibility index (Phi) is 3.96. The van der Waals surface area contributed by atoms with Crippen LogP contribution in [0.5, 0.6) is 0 Å². The molecule has 3 atom stereocenters. The van der Waals surface area contributed by atoms with Crippen molar-refractivity contribution in [3.8, 4) is 11.8 Å². The van der Waals surface area contributed by atoms with Crippen LogP contribution in [0.2, 0.25) is 5.15 Å². The molecule has 2 aromatic rings. The van der Waals surface area contributed by atoms with Crippen molar-refractivity contribution in [2.24, 2.45) is 0 Å². The summed E-state index contributed by atoms with van der Waals surface area (Å²) in [6, 6.07) is 0. The predicted octanol–water partition coefficient (Wildman–Crippen LogP) is 3.01. The number of hydrogen-bond donors (Lipinski definition) is 0. The molecule has 0 amide bonds. The Bertz CT molecular complexity index is 857. The van der Waals surface area contributed by atoms with Crippen LogP contribution < -0.4 is 0 Å². The molecule has 6 nitrogen and oxygen atoms in total. The molecular formula is C16H17ClN4O2S. The van der Waals surface area contributed by atoms with Crippen molar-refractivity contribution in [1.29, 1.82) is 0 Å². The zero-order valence-corrected chi connectivity index (χ0v) is 15.2. The first-order chi connectivity index (χ1) is 11.5. The smallest absolute Gasteiger partial charge is 0.208 e. The van der Waals surface area contributed by atoms with Crippen LogP contribution in [0.3, 0.4) is 0 Å². The molecule has 2 saturated heterocycles. The first-order valence-corrected chi connectivity index (χ1v) is 9.27. The number of ether oxygens (including phenoxy) is 2. The SMILES string of the molecule is CCC#Cc1nc(Cl)c2ncn([C@@H]3SC[C@H]4OC(C)(C)O[C@@H]34)c2n1. The van der Waals surface area contributed by atoms with E-state index in [0.717, 1.165) is 12.2 Å². The molecule has 24 heavy (non-hydrogen) atoms. The fourth-order valence-corrected chi connectivity index (χ4v) is 4.65. The van der Waals surface area contributed by atoms with Gasteiger partial charge in [0.15, 0.2) is 16.6 Å². The lowest BCUT2D eigenvalue weighted by atomic mass is 10.2. The van der Waals surface area contributed by atoms with Crippen LogP contribution >= 0.6 is 23.4 Å². The van der Waals surface area contributed by atoms with E-state index in [4.69, 9.17) is 21.1 Å². The molecule has 0 N–H and O–H groups in total. The summed E-state index contributed by atoms with van der Waals surface area (Å²) >= 11 is 8.03. The fraction of sp³-hybridized carbons (Fsp3) is 0.562. The number of aromatic nitrogens is 4. The standard InChI is InChI=1S/C16H17ClN4O2S/c1-4-5-6-10-19-13(17)11-14(20-10)21(8-18-11)15-12-9(7-24-15)22-16(2,3)23-12/h8-9,12,15H,4,7H2,1-3H3/t9-,12-,15-/m1/s1. The zero-order valence-electron chi connectivity index (χ0n) is 13.6. The molecule has 0 aliphatic carbocycles. The van der Waals surface area contributed by atoms with Crippen molar-refractivity contribution in [2.45, 2.75) is 50.6 Å². The van der Waals surface area contributed by atoms with Gasteiger partial charge in [-0.2, -0.15) is 0 Å². The first-order valence-electron chi connectivity index (χ1n) is 7.84. The summed E-state index contributed by atoms with van der Waals surface area (Å²) in [6.45, 7) is 5.86. The normalized spacial score (nSPS) is 27.9. The van der Waals surface area contributed by atoms with Gasteiger partial charge in [-0.1, -0.05) is 24.4 Å². The monoisotopic (exact) mass is 364 g/mol. The van der Waals surface area contributed by atoms with E-state index in [1.165, 1.54) is 0 Å². The Hall–Kier alpha value is -1.33. The minimum atomic E-state index is -0.560. The van der Waals surface area contributed by atoms with Crippen molar-refractivity contribution in [2.75, 3.05) is 5.75 Å². The van der Waals surface area contributed by atoms with Gasteiger partial charge in [0.2, 0.25) is 5.82 Å². The first kappa shape index (κ1) is 16.2. The second kappa shape index (κ2) is 5.88. The summed E-state index contributed by atoms with van der Waals surface area (Å²) in [5, 5.41) is 0.363. The average Bonchev–Trinajstić information content (AvgIpc) is 3.17. The number of nitrogens with zero attached hydrogens (tertiary/aromatic N) is 4. The van der Waals surface area contributed by atoms with Crippen LogP contribution in [0.1, 0.15) is 38.4 Å². The van der Waals surface area contributed by atoms with Gasteiger partial charge in [0.25, 0.3) is 0 Å². The quantitative estimate of drug-likeness (QED) is 0.572. The number of thioether (sulfide) groups is 1. The molecule has 4 rings (SSSR count). The molecule has 0 unspecified atom stereocenters. The minimum Gasteiger partial charge on any atom is -0.344 e. The lowest BCUT2D eigenvalue weighted by molar-refractivity contribution is -0.146. The predicted molar refractivity (Wildman–Crippen MR) is 92.8 cm³/mol. The van der Waals surface area contributed by atoms with Gasteiger partial charge in [0.1, 0.15) is 17.0 Å². The van der Waals surface area contributed by atoms with Gasteiger partial charge in [0.05, 0.1) is 12.4 Å². The van der Waals surface area contributed by atoms with Crippen LogP contribution in [0.15, 0.2) is 6.33 Å². The second-order valence-corrected chi connectivity index (χ2v) is 7.69. The molecule has 0 radical (unpaired) electrons. The number of hydrogen-bond acceptors (Lipinski definition) is 6. The van der Waals surface area contributed by atoms with Crippen molar-refractivity contribution in [3.05, 3.63) is 17.3 Å². The van der Waals surface area contributed by atoms with Crippen molar-refractivity contribution < 1.29 is 9.47 Å². The molecule has 2 aliphatic rings. The summed E-state index contributed by atoms with van der Waals surface area (Å²) in [7, 11) is 0. The second-order valence-electron chi connectivity index (χ2n) is 6.18. The van der Waals surface area contributed by atoms with E-state index in [0.29, 0.717) is 22.1 Å². The molecule has 0 spiro atoms. The Morgan fingerprint density at radius 3 is 3.04 bits per heavy atom. The molecule has 2 aromatic heterocycles. The largest absolute Gasteiger partial charge is 0.344 e. The fourth-order valence-electron chi connectivity index (χ4n) is 3.05. The highest BCUT2D eigenvalue weighted by atomic mass is 35.5. The van der Waals surface area contributed by atoms with Crippen molar-refractivity contribution in [3.63, 3.8) is 0 Å². The summed E-state index contributed by atoms with van der Waals surface area (Å²) < 4.78 is 14.0. The molecular weight excluding hydrogens is 348 g/mol.